The summed E-state index contributed by atoms with van der Waals surface area (Å²) in [6, 6.07) is 12.1. The van der Waals surface area contributed by atoms with Crippen molar-refractivity contribution in [1.82, 2.24) is 24.8 Å². The zero-order valence-corrected chi connectivity index (χ0v) is 23.3. The highest BCUT2D eigenvalue weighted by Crippen LogP contribution is 2.28. The molecule has 0 saturated carbocycles. The third-order valence-corrected chi connectivity index (χ3v) is 7.17. The number of nitrogens with two attached hydrogens (primary N) is 1. The Balaban J connectivity index is 1.52. The Morgan fingerprint density at radius 2 is 1.64 bits per heavy atom. The van der Waals surface area contributed by atoms with Crippen LogP contribution < -0.4 is 11.1 Å². The molecule has 0 aliphatic rings. The van der Waals surface area contributed by atoms with Crippen LogP contribution in [0.3, 0.4) is 0 Å². The summed E-state index contributed by atoms with van der Waals surface area (Å²) in [6.45, 7) is 8.37. The molecule has 2 aromatic carbocycles. The SMILES string of the molecule is CCCc1c(CN)ccc(NC(=O)c2ccc(CN(Cc3ncc[nH]3)C(CC)c3ncc[nH]3)cc2)c1CCC. The second-order valence-electron chi connectivity index (χ2n) is 9.92. The topological polar surface area (TPSA) is 116 Å². The minimum atomic E-state index is -0.101. The van der Waals surface area contributed by atoms with E-state index in [9.17, 15) is 4.79 Å². The number of H-pyrrole nitrogens is 2. The summed E-state index contributed by atoms with van der Waals surface area (Å²) in [5.41, 5.74) is 12.3. The van der Waals surface area contributed by atoms with Gasteiger partial charge in [-0.3, -0.25) is 9.69 Å². The van der Waals surface area contributed by atoms with Crippen molar-refractivity contribution in [2.45, 2.75) is 78.6 Å². The third-order valence-electron chi connectivity index (χ3n) is 7.17. The Kier molecular flexibility index (Phi) is 10.1. The summed E-state index contributed by atoms with van der Waals surface area (Å²) in [5.74, 6) is 1.74. The molecule has 206 valence electrons. The van der Waals surface area contributed by atoms with Crippen molar-refractivity contribution in [3.63, 3.8) is 0 Å². The summed E-state index contributed by atoms with van der Waals surface area (Å²) in [4.78, 5) is 31.1. The number of nitrogens with one attached hydrogen (secondary N) is 3. The number of hydrogen-bond acceptors (Lipinski definition) is 5. The predicted molar refractivity (Wildman–Crippen MR) is 156 cm³/mol. The molecule has 0 radical (unpaired) electrons. The highest BCUT2D eigenvalue weighted by atomic mass is 16.1. The number of benzene rings is 2. The van der Waals surface area contributed by atoms with Gasteiger partial charge in [0.15, 0.2) is 0 Å². The van der Waals surface area contributed by atoms with Gasteiger partial charge in [0.05, 0.1) is 12.6 Å². The highest BCUT2D eigenvalue weighted by Gasteiger charge is 2.22. The van der Waals surface area contributed by atoms with E-state index >= 15 is 0 Å². The Hall–Kier alpha value is -3.75. The van der Waals surface area contributed by atoms with Crippen LogP contribution in [0, 0.1) is 0 Å². The first-order chi connectivity index (χ1) is 19.1. The Bertz CT molecular complexity index is 1300. The quantitative estimate of drug-likeness (QED) is 0.163. The molecule has 8 nitrogen and oxygen atoms in total. The summed E-state index contributed by atoms with van der Waals surface area (Å²) in [7, 11) is 0. The largest absolute Gasteiger partial charge is 0.348 e. The molecule has 0 spiro atoms. The van der Waals surface area contributed by atoms with E-state index in [2.05, 4.69) is 57.0 Å². The fraction of sp³-hybridized carbons (Fsp3) is 0.387. The summed E-state index contributed by atoms with van der Waals surface area (Å²) in [5, 5.41) is 3.18. The van der Waals surface area contributed by atoms with Crippen molar-refractivity contribution in [1.29, 1.82) is 0 Å². The number of anilines is 1. The lowest BCUT2D eigenvalue weighted by Gasteiger charge is -2.29. The molecule has 1 unspecified atom stereocenters. The number of aromatic amines is 2. The molecule has 0 fully saturated rings. The van der Waals surface area contributed by atoms with E-state index in [1.165, 1.54) is 16.7 Å². The standard InChI is InChI=1S/C31H41N7O/c1-4-7-25-24(19-32)13-14-27(26(25)8-5-2)37-31(39)23-11-9-22(10-12-23)20-38(21-29-33-15-16-34-29)28(6-3)30-35-17-18-36-30/h9-18,28H,4-8,19-21,32H2,1-3H3,(H,33,34)(H,35,36)(H,37,39). The van der Waals surface area contributed by atoms with E-state index in [0.29, 0.717) is 25.2 Å². The molecule has 0 bridgehead atoms. The highest BCUT2D eigenvalue weighted by molar-refractivity contribution is 6.04. The van der Waals surface area contributed by atoms with Crippen LogP contribution >= 0.6 is 0 Å². The van der Waals surface area contributed by atoms with Crippen molar-refractivity contribution in [2.75, 3.05) is 5.32 Å². The molecule has 4 aromatic rings. The number of amides is 1. The van der Waals surface area contributed by atoms with Crippen LogP contribution in [0.15, 0.2) is 61.2 Å². The maximum atomic E-state index is 13.3. The normalized spacial score (nSPS) is 12.1. The Morgan fingerprint density at radius 1 is 0.923 bits per heavy atom. The lowest BCUT2D eigenvalue weighted by Crippen LogP contribution is -2.29. The van der Waals surface area contributed by atoms with E-state index < -0.39 is 0 Å². The van der Waals surface area contributed by atoms with E-state index in [4.69, 9.17) is 5.73 Å². The number of imidazole rings is 2. The van der Waals surface area contributed by atoms with Crippen LogP contribution in [-0.4, -0.2) is 30.7 Å². The van der Waals surface area contributed by atoms with Gasteiger partial charge in [0.1, 0.15) is 11.6 Å². The van der Waals surface area contributed by atoms with Crippen molar-refractivity contribution in [2.24, 2.45) is 5.73 Å². The molecular formula is C31H41N7O. The molecule has 4 rings (SSSR count). The second kappa shape index (κ2) is 13.9. The van der Waals surface area contributed by atoms with Crippen LogP contribution in [0.1, 0.15) is 90.3 Å². The molecule has 5 N–H and O–H groups in total. The van der Waals surface area contributed by atoms with Crippen LogP contribution in [-0.2, 0) is 32.5 Å². The van der Waals surface area contributed by atoms with Gasteiger partial charge in [-0.2, -0.15) is 0 Å². The summed E-state index contributed by atoms with van der Waals surface area (Å²) >= 11 is 0. The van der Waals surface area contributed by atoms with Gasteiger partial charge in [-0.15, -0.1) is 0 Å². The molecule has 0 saturated heterocycles. The minimum Gasteiger partial charge on any atom is -0.348 e. The molecule has 39 heavy (non-hydrogen) atoms. The predicted octanol–water partition coefficient (Wildman–Crippen LogP) is 5.90. The first kappa shape index (κ1) is 28.3. The van der Waals surface area contributed by atoms with Gasteiger partial charge in [-0.05, 0) is 59.7 Å². The maximum Gasteiger partial charge on any atom is 0.255 e. The van der Waals surface area contributed by atoms with Crippen molar-refractivity contribution in [3.05, 3.63) is 101 Å². The lowest BCUT2D eigenvalue weighted by molar-refractivity contribution is 0.102. The van der Waals surface area contributed by atoms with Crippen molar-refractivity contribution in [3.8, 4) is 0 Å². The van der Waals surface area contributed by atoms with E-state index in [-0.39, 0.29) is 11.9 Å². The lowest BCUT2D eigenvalue weighted by atomic mass is 9.92. The number of carbonyl (C=O) groups is 1. The molecule has 0 aliphatic carbocycles. The molecular weight excluding hydrogens is 486 g/mol. The van der Waals surface area contributed by atoms with Gasteiger partial charge in [-0.25, -0.2) is 9.97 Å². The average molecular weight is 528 g/mol. The molecule has 1 amide bonds. The minimum absolute atomic E-state index is 0.101. The van der Waals surface area contributed by atoms with E-state index in [1.54, 1.807) is 12.4 Å². The summed E-state index contributed by atoms with van der Waals surface area (Å²) in [6.07, 6.45) is 12.1. The van der Waals surface area contributed by atoms with Gasteiger partial charge in [0, 0.05) is 49.1 Å². The van der Waals surface area contributed by atoms with Gasteiger partial charge < -0.3 is 21.0 Å². The van der Waals surface area contributed by atoms with E-state index in [0.717, 1.165) is 55.0 Å². The fourth-order valence-electron chi connectivity index (χ4n) is 5.27. The first-order valence-electron chi connectivity index (χ1n) is 14.0. The maximum absolute atomic E-state index is 13.3. The number of rotatable bonds is 14. The zero-order valence-electron chi connectivity index (χ0n) is 23.3. The summed E-state index contributed by atoms with van der Waals surface area (Å²) < 4.78 is 0. The Labute approximate surface area is 231 Å². The van der Waals surface area contributed by atoms with Crippen molar-refractivity contribution >= 4 is 11.6 Å². The van der Waals surface area contributed by atoms with Gasteiger partial charge in [-0.1, -0.05) is 51.8 Å². The molecule has 2 heterocycles. The number of aromatic nitrogens is 4. The molecule has 2 aromatic heterocycles. The van der Waals surface area contributed by atoms with Crippen molar-refractivity contribution < 1.29 is 4.79 Å². The Morgan fingerprint density at radius 3 is 2.26 bits per heavy atom. The zero-order chi connectivity index (χ0) is 27.6. The van der Waals surface area contributed by atoms with Crippen LogP contribution in [0.25, 0.3) is 0 Å². The third kappa shape index (κ3) is 7.02. The molecule has 1 atom stereocenters. The van der Waals surface area contributed by atoms with Gasteiger partial charge in [0.2, 0.25) is 0 Å². The van der Waals surface area contributed by atoms with Crippen LogP contribution in [0.2, 0.25) is 0 Å². The fourth-order valence-corrected chi connectivity index (χ4v) is 5.27. The van der Waals surface area contributed by atoms with Crippen LogP contribution in [0.5, 0.6) is 0 Å². The van der Waals surface area contributed by atoms with Crippen LogP contribution in [0.4, 0.5) is 5.69 Å². The number of nitrogens with zero attached hydrogens (tertiary/aromatic N) is 3. The first-order valence-corrected chi connectivity index (χ1v) is 14.0. The van der Waals surface area contributed by atoms with Gasteiger partial charge in [0.25, 0.3) is 5.91 Å². The average Bonchev–Trinajstić information content (AvgIpc) is 3.67. The molecule has 0 aliphatic heterocycles. The van der Waals surface area contributed by atoms with E-state index in [1.807, 2.05) is 42.7 Å². The number of carbonyl (C=O) groups excluding carboxylic acids is 1. The monoisotopic (exact) mass is 527 g/mol. The number of hydrogen-bond donors (Lipinski definition) is 4. The second-order valence-corrected chi connectivity index (χ2v) is 9.92. The van der Waals surface area contributed by atoms with Gasteiger partial charge >= 0.3 is 0 Å². The molecule has 8 heteroatoms. The smallest absolute Gasteiger partial charge is 0.255 e.